The molecule has 1 saturated heterocycles. The summed E-state index contributed by atoms with van der Waals surface area (Å²) in [6.07, 6.45) is 9.85. The normalized spacial score (nSPS) is 16.6. The third kappa shape index (κ3) is 3.69. The van der Waals surface area contributed by atoms with Crippen LogP contribution < -0.4 is 5.32 Å². The van der Waals surface area contributed by atoms with Crippen molar-refractivity contribution in [2.75, 3.05) is 11.9 Å². The highest BCUT2D eigenvalue weighted by Crippen LogP contribution is 2.24. The van der Waals surface area contributed by atoms with Crippen LogP contribution in [0.2, 0.25) is 0 Å². The van der Waals surface area contributed by atoms with Crippen LogP contribution in [0.25, 0.3) is 5.69 Å². The number of likely N-dealkylation sites (tertiary alicyclic amines) is 1. The molecule has 3 aromatic rings. The topological polar surface area (TPSA) is 80.9 Å². The van der Waals surface area contributed by atoms with E-state index in [0.29, 0.717) is 0 Å². The van der Waals surface area contributed by atoms with Gasteiger partial charge in [-0.15, -0.1) is 10.2 Å². The minimum absolute atomic E-state index is 0.0553. The Morgan fingerprint density at radius 2 is 2.15 bits per heavy atom. The Hall–Kier alpha value is -3.16. The Morgan fingerprint density at radius 3 is 2.89 bits per heavy atom. The first-order valence-corrected chi connectivity index (χ1v) is 9.27. The highest BCUT2D eigenvalue weighted by molar-refractivity contribution is 5.91. The third-order valence-electron chi connectivity index (χ3n) is 5.03. The molecule has 140 valence electrons. The number of nitrogens with one attached hydrogen (secondary N) is 1. The van der Waals surface area contributed by atoms with E-state index in [0.717, 1.165) is 49.3 Å². The van der Waals surface area contributed by atoms with Crippen molar-refractivity contribution < 1.29 is 4.79 Å². The number of carbonyl (C=O) groups excluding carboxylic acids is 1. The number of aryl methyl sites for hydroxylation is 1. The van der Waals surface area contributed by atoms with E-state index in [1.165, 1.54) is 0 Å². The Bertz CT molecular complexity index is 889. The molecule has 4 rings (SSSR count). The molecule has 8 heteroatoms. The fourth-order valence-electron chi connectivity index (χ4n) is 3.59. The molecule has 0 radical (unpaired) electrons. The van der Waals surface area contributed by atoms with E-state index in [4.69, 9.17) is 0 Å². The molecule has 27 heavy (non-hydrogen) atoms. The minimum atomic E-state index is -0.0553. The van der Waals surface area contributed by atoms with E-state index in [2.05, 4.69) is 27.5 Å². The average molecular weight is 365 g/mol. The summed E-state index contributed by atoms with van der Waals surface area (Å²) in [5.41, 5.74) is 2.85. The first-order chi connectivity index (χ1) is 13.2. The van der Waals surface area contributed by atoms with Crippen molar-refractivity contribution in [1.82, 2.24) is 29.4 Å². The number of urea groups is 1. The van der Waals surface area contributed by atoms with Crippen LogP contribution in [-0.2, 0) is 13.0 Å². The molecular formula is C19H23N7O. The summed E-state index contributed by atoms with van der Waals surface area (Å²) < 4.78 is 3.71. The zero-order chi connectivity index (χ0) is 18.6. The zero-order valence-electron chi connectivity index (χ0n) is 15.3. The molecule has 0 aliphatic carbocycles. The van der Waals surface area contributed by atoms with E-state index in [9.17, 15) is 4.79 Å². The van der Waals surface area contributed by atoms with Crippen molar-refractivity contribution in [2.24, 2.45) is 0 Å². The Morgan fingerprint density at radius 1 is 1.30 bits per heavy atom. The number of amides is 2. The van der Waals surface area contributed by atoms with Crippen molar-refractivity contribution in [3.8, 4) is 5.69 Å². The van der Waals surface area contributed by atoms with Gasteiger partial charge in [0, 0.05) is 24.6 Å². The van der Waals surface area contributed by atoms with Crippen LogP contribution >= 0.6 is 0 Å². The Kier molecular flexibility index (Phi) is 4.86. The Balaban J connectivity index is 1.52. The SMILES string of the molecule is CCc1ccc(-n2cnnc2)cc1NC(=O)N1CCC[C@H]1Cn1cccn1. The lowest BCUT2D eigenvalue weighted by atomic mass is 10.1. The van der Waals surface area contributed by atoms with Crippen molar-refractivity contribution in [2.45, 2.75) is 38.8 Å². The van der Waals surface area contributed by atoms with Crippen molar-refractivity contribution >= 4 is 11.7 Å². The average Bonchev–Trinajstić information content (AvgIpc) is 3.44. The maximum Gasteiger partial charge on any atom is 0.322 e. The maximum atomic E-state index is 13.0. The second kappa shape index (κ2) is 7.61. The number of carbonyl (C=O) groups is 1. The number of aromatic nitrogens is 5. The smallest absolute Gasteiger partial charge is 0.320 e. The molecule has 0 saturated carbocycles. The van der Waals surface area contributed by atoms with Gasteiger partial charge in [0.05, 0.1) is 18.3 Å². The summed E-state index contributed by atoms with van der Waals surface area (Å²) in [4.78, 5) is 14.9. The van der Waals surface area contributed by atoms with Crippen LogP contribution in [-0.4, -0.2) is 48.1 Å². The van der Waals surface area contributed by atoms with Gasteiger partial charge in [-0.25, -0.2) is 4.79 Å². The van der Waals surface area contributed by atoms with E-state index in [-0.39, 0.29) is 12.1 Å². The second-order valence-corrected chi connectivity index (χ2v) is 6.71. The first-order valence-electron chi connectivity index (χ1n) is 9.27. The quantitative estimate of drug-likeness (QED) is 0.754. The van der Waals surface area contributed by atoms with Crippen molar-refractivity contribution in [1.29, 1.82) is 0 Å². The van der Waals surface area contributed by atoms with Crippen LogP contribution in [0, 0.1) is 0 Å². The number of nitrogens with zero attached hydrogens (tertiary/aromatic N) is 6. The number of benzene rings is 1. The molecule has 1 fully saturated rings. The molecule has 1 aromatic carbocycles. The van der Waals surface area contributed by atoms with Gasteiger partial charge < -0.3 is 10.2 Å². The molecule has 0 bridgehead atoms. The fourth-order valence-corrected chi connectivity index (χ4v) is 3.59. The van der Waals surface area contributed by atoms with E-state index in [1.54, 1.807) is 18.9 Å². The lowest BCUT2D eigenvalue weighted by Crippen LogP contribution is -2.41. The summed E-state index contributed by atoms with van der Waals surface area (Å²) in [5, 5.41) is 15.1. The molecule has 1 N–H and O–H groups in total. The molecule has 3 heterocycles. The van der Waals surface area contributed by atoms with Gasteiger partial charge in [0.25, 0.3) is 0 Å². The number of hydrogen-bond acceptors (Lipinski definition) is 4. The Labute approximate surface area is 157 Å². The summed E-state index contributed by atoms with van der Waals surface area (Å²) in [6, 6.07) is 8.03. The van der Waals surface area contributed by atoms with Gasteiger partial charge in [-0.1, -0.05) is 13.0 Å². The van der Waals surface area contributed by atoms with Gasteiger partial charge in [-0.3, -0.25) is 9.25 Å². The van der Waals surface area contributed by atoms with Crippen molar-refractivity contribution in [3.63, 3.8) is 0 Å². The third-order valence-corrected chi connectivity index (χ3v) is 5.03. The first kappa shape index (κ1) is 17.3. The molecular weight excluding hydrogens is 342 g/mol. The molecule has 1 atom stereocenters. The monoisotopic (exact) mass is 365 g/mol. The van der Waals surface area contributed by atoms with Gasteiger partial charge in [0.2, 0.25) is 0 Å². The molecule has 0 unspecified atom stereocenters. The predicted molar refractivity (Wildman–Crippen MR) is 102 cm³/mol. The molecule has 1 aliphatic heterocycles. The number of rotatable bonds is 5. The molecule has 1 aliphatic rings. The second-order valence-electron chi connectivity index (χ2n) is 6.71. The van der Waals surface area contributed by atoms with Crippen LogP contribution in [0.15, 0.2) is 49.3 Å². The van der Waals surface area contributed by atoms with Gasteiger partial charge in [0.15, 0.2) is 0 Å². The summed E-state index contributed by atoms with van der Waals surface area (Å²) in [5.74, 6) is 0. The fraction of sp³-hybridized carbons (Fsp3) is 0.368. The van der Waals surface area contributed by atoms with Crippen LogP contribution in [0.5, 0.6) is 0 Å². The number of anilines is 1. The highest BCUT2D eigenvalue weighted by atomic mass is 16.2. The largest absolute Gasteiger partial charge is 0.322 e. The minimum Gasteiger partial charge on any atom is -0.320 e. The van der Waals surface area contributed by atoms with E-state index < -0.39 is 0 Å². The summed E-state index contributed by atoms with van der Waals surface area (Å²) in [7, 11) is 0. The highest BCUT2D eigenvalue weighted by Gasteiger charge is 2.29. The predicted octanol–water partition coefficient (Wildman–Crippen LogP) is 2.72. The van der Waals surface area contributed by atoms with Gasteiger partial charge in [0.1, 0.15) is 12.7 Å². The van der Waals surface area contributed by atoms with Gasteiger partial charge >= 0.3 is 6.03 Å². The zero-order valence-corrected chi connectivity index (χ0v) is 15.3. The van der Waals surface area contributed by atoms with Crippen LogP contribution in [0.1, 0.15) is 25.3 Å². The van der Waals surface area contributed by atoms with E-state index >= 15 is 0 Å². The summed E-state index contributed by atoms with van der Waals surface area (Å²) >= 11 is 0. The molecule has 2 amide bonds. The molecule has 0 spiro atoms. The lowest BCUT2D eigenvalue weighted by Gasteiger charge is -2.25. The summed E-state index contributed by atoms with van der Waals surface area (Å²) in [6.45, 7) is 3.58. The van der Waals surface area contributed by atoms with Crippen molar-refractivity contribution in [3.05, 3.63) is 54.9 Å². The molecule has 8 nitrogen and oxygen atoms in total. The van der Waals surface area contributed by atoms with Gasteiger partial charge in [-0.2, -0.15) is 5.10 Å². The van der Waals surface area contributed by atoms with Crippen LogP contribution in [0.4, 0.5) is 10.5 Å². The molecule has 2 aromatic heterocycles. The van der Waals surface area contributed by atoms with Gasteiger partial charge in [-0.05, 0) is 43.0 Å². The maximum absolute atomic E-state index is 13.0. The number of hydrogen-bond donors (Lipinski definition) is 1. The lowest BCUT2D eigenvalue weighted by molar-refractivity contribution is 0.199. The van der Waals surface area contributed by atoms with E-state index in [1.807, 2.05) is 44.6 Å². The standard InChI is InChI=1S/C19H23N7O/c1-2-15-6-7-16(24-13-20-21-14-24)11-18(15)23-19(27)26-10-3-5-17(26)12-25-9-4-8-22-25/h4,6-9,11,13-14,17H,2-3,5,10,12H2,1H3,(H,23,27)/t17-/m0/s1. The van der Waals surface area contributed by atoms with Crippen LogP contribution in [0.3, 0.4) is 0 Å².